The lowest BCUT2D eigenvalue weighted by molar-refractivity contribution is -0.131. The van der Waals surface area contributed by atoms with Crippen LogP contribution < -0.4 is 0 Å². The fraction of sp³-hybridized carbons (Fsp3) is 0.286. The molecule has 1 aromatic rings. The Labute approximate surface area is 121 Å². The predicted octanol–water partition coefficient (Wildman–Crippen LogP) is 2.22. The molecule has 0 radical (unpaired) electrons. The number of hydrogen-bond donors (Lipinski definition) is 1. The van der Waals surface area contributed by atoms with Crippen molar-refractivity contribution in [2.45, 2.75) is 11.2 Å². The molecule has 0 bridgehead atoms. The van der Waals surface area contributed by atoms with Gasteiger partial charge in [0.15, 0.2) is 12.1 Å². The molecular weight excluding hydrogens is 280 g/mol. The number of benzene rings is 1. The molecule has 0 amide bonds. The van der Waals surface area contributed by atoms with Gasteiger partial charge in [0.1, 0.15) is 0 Å². The summed E-state index contributed by atoms with van der Waals surface area (Å²) in [5.74, 6) is -0.842. The second kappa shape index (κ2) is 8.52. The van der Waals surface area contributed by atoms with Gasteiger partial charge in [0.05, 0.1) is 0 Å². The molecule has 0 aliphatic heterocycles. The van der Waals surface area contributed by atoms with Crippen LogP contribution in [0.4, 0.5) is 0 Å². The Balaban J connectivity index is 2.60. The minimum absolute atomic E-state index is 0.278. The van der Waals surface area contributed by atoms with Crippen molar-refractivity contribution in [3.63, 3.8) is 0 Å². The molecule has 0 fully saturated rings. The van der Waals surface area contributed by atoms with Crippen LogP contribution in [0.5, 0.6) is 0 Å². The predicted molar refractivity (Wildman–Crippen MR) is 76.1 cm³/mol. The maximum absolute atomic E-state index is 11.6. The van der Waals surface area contributed by atoms with Gasteiger partial charge in [-0.05, 0) is 30.3 Å². The molecule has 5 nitrogen and oxygen atoms in total. The van der Waals surface area contributed by atoms with E-state index in [2.05, 4.69) is 0 Å². The summed E-state index contributed by atoms with van der Waals surface area (Å²) in [5.41, 5.74) is 0.446. The third-order valence-corrected chi connectivity index (χ3v) is 3.47. The second-order valence-electron chi connectivity index (χ2n) is 3.77. The van der Waals surface area contributed by atoms with E-state index in [1.807, 2.05) is 0 Å². The maximum atomic E-state index is 11.6. The highest BCUT2D eigenvalue weighted by Crippen LogP contribution is 2.20. The summed E-state index contributed by atoms with van der Waals surface area (Å²) in [5, 5.41) is 8.46. The summed E-state index contributed by atoms with van der Waals surface area (Å²) >= 11 is 1.54. The van der Waals surface area contributed by atoms with E-state index in [0.717, 1.165) is 17.0 Å². The fourth-order valence-corrected chi connectivity index (χ4v) is 2.28. The Kier molecular flexibility index (Phi) is 7.00. The molecule has 0 heterocycles. The van der Waals surface area contributed by atoms with Crippen molar-refractivity contribution in [3.8, 4) is 0 Å². The molecule has 1 N–H and O–H groups in total. The fourth-order valence-electron chi connectivity index (χ4n) is 1.36. The van der Waals surface area contributed by atoms with Gasteiger partial charge in [-0.2, -0.15) is 0 Å². The average Bonchev–Trinajstić information content (AvgIpc) is 2.46. The number of carboxylic acid groups (broad SMARTS) is 1. The summed E-state index contributed by atoms with van der Waals surface area (Å²) in [6.07, 6.45) is 1.59. The Morgan fingerprint density at radius 2 is 1.80 bits per heavy atom. The molecule has 0 aromatic heterocycles. The number of thioether (sulfide) groups is 1. The van der Waals surface area contributed by atoms with E-state index in [1.54, 1.807) is 50.2 Å². The van der Waals surface area contributed by atoms with Crippen LogP contribution in [0.2, 0.25) is 0 Å². The first kappa shape index (κ1) is 16.4. The van der Waals surface area contributed by atoms with Crippen LogP contribution in [0.1, 0.15) is 10.4 Å². The lowest BCUT2D eigenvalue weighted by Crippen LogP contribution is -2.15. The highest BCUT2D eigenvalue weighted by Gasteiger charge is 2.07. The highest BCUT2D eigenvalue weighted by molar-refractivity contribution is 7.99. The van der Waals surface area contributed by atoms with Crippen LogP contribution in [0, 0.1) is 0 Å². The molecule has 0 saturated heterocycles. The molecule has 0 saturated carbocycles. The van der Waals surface area contributed by atoms with E-state index in [1.165, 1.54) is 0 Å². The zero-order valence-electron chi connectivity index (χ0n) is 11.2. The van der Waals surface area contributed by atoms with Crippen LogP contribution in [-0.2, 0) is 14.3 Å². The SMILES string of the molecule is COC(CSc1ccc(C(=O)/C=C/C(=O)O)cc1)OC. The monoisotopic (exact) mass is 296 g/mol. The maximum Gasteiger partial charge on any atom is 0.328 e. The van der Waals surface area contributed by atoms with Crippen molar-refractivity contribution in [3.05, 3.63) is 42.0 Å². The van der Waals surface area contributed by atoms with E-state index < -0.39 is 5.97 Å². The molecule has 0 aliphatic rings. The van der Waals surface area contributed by atoms with Gasteiger partial charge in [0.25, 0.3) is 0 Å². The van der Waals surface area contributed by atoms with E-state index in [0.29, 0.717) is 11.3 Å². The quantitative estimate of drug-likeness (QED) is 0.343. The van der Waals surface area contributed by atoms with Gasteiger partial charge in [-0.1, -0.05) is 0 Å². The number of ether oxygens (including phenoxy) is 2. The Bertz CT molecular complexity index is 477. The molecule has 6 heteroatoms. The minimum atomic E-state index is -1.14. The second-order valence-corrected chi connectivity index (χ2v) is 4.87. The first-order chi connectivity index (χ1) is 9.56. The number of carboxylic acids is 1. The van der Waals surface area contributed by atoms with Crippen LogP contribution in [0.15, 0.2) is 41.3 Å². The summed E-state index contributed by atoms with van der Waals surface area (Å²) in [7, 11) is 3.15. The summed E-state index contributed by atoms with van der Waals surface area (Å²) in [6.45, 7) is 0. The van der Waals surface area contributed by atoms with Crippen molar-refractivity contribution >= 4 is 23.5 Å². The first-order valence-corrected chi connectivity index (χ1v) is 6.79. The zero-order chi connectivity index (χ0) is 15.0. The van der Waals surface area contributed by atoms with Gasteiger partial charge >= 0.3 is 5.97 Å². The standard InChI is InChI=1S/C14H16O5S/c1-18-14(19-2)9-20-11-5-3-10(4-6-11)12(15)7-8-13(16)17/h3-8,14H,9H2,1-2H3,(H,16,17)/b8-7+. The van der Waals surface area contributed by atoms with E-state index >= 15 is 0 Å². The molecule has 108 valence electrons. The van der Waals surface area contributed by atoms with Crippen LogP contribution in [-0.4, -0.2) is 43.1 Å². The molecule has 0 unspecified atom stereocenters. The largest absolute Gasteiger partial charge is 0.478 e. The van der Waals surface area contributed by atoms with Gasteiger partial charge in [0.2, 0.25) is 0 Å². The third kappa shape index (κ3) is 5.56. The first-order valence-electron chi connectivity index (χ1n) is 5.80. The topological polar surface area (TPSA) is 72.8 Å². The normalized spacial score (nSPS) is 11.2. The van der Waals surface area contributed by atoms with Crippen molar-refractivity contribution in [1.29, 1.82) is 0 Å². The number of carbonyl (C=O) groups is 2. The summed E-state index contributed by atoms with van der Waals surface area (Å²) in [6, 6.07) is 6.92. The van der Waals surface area contributed by atoms with Crippen LogP contribution in [0.25, 0.3) is 0 Å². The van der Waals surface area contributed by atoms with Crippen molar-refractivity contribution in [1.82, 2.24) is 0 Å². The van der Waals surface area contributed by atoms with Crippen molar-refractivity contribution in [2.24, 2.45) is 0 Å². The highest BCUT2D eigenvalue weighted by atomic mass is 32.2. The molecule has 20 heavy (non-hydrogen) atoms. The lowest BCUT2D eigenvalue weighted by Gasteiger charge is -2.12. The van der Waals surface area contributed by atoms with E-state index in [4.69, 9.17) is 14.6 Å². The van der Waals surface area contributed by atoms with Gasteiger partial charge in [-0.25, -0.2) is 4.79 Å². The van der Waals surface area contributed by atoms with Gasteiger partial charge in [0, 0.05) is 36.5 Å². The number of ketones is 1. The summed E-state index contributed by atoms with van der Waals surface area (Å²) in [4.78, 5) is 22.9. The van der Waals surface area contributed by atoms with Crippen LogP contribution >= 0.6 is 11.8 Å². The molecule has 0 atom stereocenters. The third-order valence-electron chi connectivity index (χ3n) is 2.43. The molecule has 1 aromatic carbocycles. The smallest absolute Gasteiger partial charge is 0.328 e. The minimum Gasteiger partial charge on any atom is -0.478 e. The number of hydrogen-bond acceptors (Lipinski definition) is 5. The Hall–Kier alpha value is -1.63. The number of allylic oxidation sites excluding steroid dienone is 1. The van der Waals surface area contributed by atoms with Crippen LogP contribution in [0.3, 0.4) is 0 Å². The molecule has 0 aliphatic carbocycles. The number of rotatable bonds is 8. The Morgan fingerprint density at radius 1 is 1.20 bits per heavy atom. The van der Waals surface area contributed by atoms with Gasteiger partial charge in [-0.3, -0.25) is 4.79 Å². The Morgan fingerprint density at radius 3 is 2.30 bits per heavy atom. The van der Waals surface area contributed by atoms with Crippen molar-refractivity contribution < 1.29 is 24.2 Å². The van der Waals surface area contributed by atoms with Crippen molar-refractivity contribution in [2.75, 3.05) is 20.0 Å². The van der Waals surface area contributed by atoms with E-state index in [9.17, 15) is 9.59 Å². The summed E-state index contributed by atoms with van der Waals surface area (Å²) < 4.78 is 10.2. The van der Waals surface area contributed by atoms with Gasteiger partial charge in [-0.15, -0.1) is 11.8 Å². The van der Waals surface area contributed by atoms with Gasteiger partial charge < -0.3 is 14.6 Å². The number of aliphatic carboxylic acids is 1. The number of carbonyl (C=O) groups excluding carboxylic acids is 1. The molecule has 0 spiro atoms. The average molecular weight is 296 g/mol. The molecule has 1 rings (SSSR count). The number of methoxy groups -OCH3 is 2. The van der Waals surface area contributed by atoms with E-state index in [-0.39, 0.29) is 12.1 Å². The lowest BCUT2D eigenvalue weighted by atomic mass is 10.1. The zero-order valence-corrected chi connectivity index (χ0v) is 12.1. The molecular formula is C14H16O5S.